The molecule has 5 heteroatoms. The molecule has 0 aliphatic carbocycles. The highest BCUT2D eigenvalue weighted by Gasteiger charge is 2.16. The zero-order valence-corrected chi connectivity index (χ0v) is 13.6. The molecule has 0 bridgehead atoms. The minimum absolute atomic E-state index is 0.0157. The highest BCUT2D eigenvalue weighted by atomic mass is 16.5. The van der Waals surface area contributed by atoms with Crippen LogP contribution in [0, 0.1) is 0 Å². The number of hydrogen-bond acceptors (Lipinski definition) is 5. The van der Waals surface area contributed by atoms with Gasteiger partial charge in [0.1, 0.15) is 11.5 Å². The van der Waals surface area contributed by atoms with E-state index in [9.17, 15) is 5.11 Å². The zero-order valence-electron chi connectivity index (χ0n) is 13.6. The van der Waals surface area contributed by atoms with Crippen LogP contribution >= 0.6 is 0 Å². The second-order valence-corrected chi connectivity index (χ2v) is 4.82. The number of ether oxygens (including phenoxy) is 2. The Bertz CT molecular complexity index is 409. The molecule has 120 valence electrons. The van der Waals surface area contributed by atoms with Crippen molar-refractivity contribution in [1.29, 1.82) is 0 Å². The second-order valence-electron chi connectivity index (χ2n) is 4.82. The van der Waals surface area contributed by atoms with Crippen LogP contribution in [0.1, 0.15) is 25.5 Å². The van der Waals surface area contributed by atoms with Crippen LogP contribution in [0.25, 0.3) is 0 Å². The number of nitrogens with zero attached hydrogens (tertiary/aromatic N) is 1. The van der Waals surface area contributed by atoms with Crippen molar-refractivity contribution in [3.05, 3.63) is 23.8 Å². The summed E-state index contributed by atoms with van der Waals surface area (Å²) in [5, 5.41) is 13.1. The van der Waals surface area contributed by atoms with E-state index < -0.39 is 0 Å². The largest absolute Gasteiger partial charge is 0.497 e. The number of aliphatic hydroxyl groups is 1. The minimum atomic E-state index is -0.161. The van der Waals surface area contributed by atoms with Gasteiger partial charge in [-0.25, -0.2) is 0 Å². The monoisotopic (exact) mass is 296 g/mol. The van der Waals surface area contributed by atoms with Gasteiger partial charge in [-0.1, -0.05) is 13.8 Å². The lowest BCUT2D eigenvalue weighted by Gasteiger charge is -2.23. The van der Waals surface area contributed by atoms with E-state index >= 15 is 0 Å². The fraction of sp³-hybridized carbons (Fsp3) is 0.625. The van der Waals surface area contributed by atoms with E-state index in [2.05, 4.69) is 24.1 Å². The molecule has 1 rings (SSSR count). The van der Waals surface area contributed by atoms with Gasteiger partial charge in [0, 0.05) is 18.7 Å². The maximum Gasteiger partial charge on any atom is 0.123 e. The summed E-state index contributed by atoms with van der Waals surface area (Å²) in [6.07, 6.45) is 0. The number of likely N-dealkylation sites (N-methyl/N-ethyl adjacent to an activating group) is 1. The van der Waals surface area contributed by atoms with Gasteiger partial charge in [-0.2, -0.15) is 0 Å². The zero-order chi connectivity index (χ0) is 15.7. The van der Waals surface area contributed by atoms with Gasteiger partial charge >= 0.3 is 0 Å². The lowest BCUT2D eigenvalue weighted by atomic mass is 10.1. The maximum absolute atomic E-state index is 9.67. The maximum atomic E-state index is 9.67. The molecule has 0 amide bonds. The van der Waals surface area contributed by atoms with Gasteiger partial charge in [0.05, 0.1) is 26.9 Å². The van der Waals surface area contributed by atoms with Gasteiger partial charge in [-0.05, 0) is 31.3 Å². The van der Waals surface area contributed by atoms with Crippen LogP contribution in [-0.4, -0.2) is 57.0 Å². The summed E-state index contributed by atoms with van der Waals surface area (Å²) in [5.41, 5.74) is 0.916. The average molecular weight is 296 g/mol. The summed E-state index contributed by atoms with van der Waals surface area (Å²) in [6.45, 7) is 8.15. The topological polar surface area (TPSA) is 54.0 Å². The molecule has 0 heterocycles. The normalized spacial score (nSPS) is 12.5. The van der Waals surface area contributed by atoms with Crippen molar-refractivity contribution < 1.29 is 14.6 Å². The molecule has 0 radical (unpaired) electrons. The van der Waals surface area contributed by atoms with Crippen LogP contribution in [-0.2, 0) is 0 Å². The standard InChI is InChI=1S/C16H28N2O3/c1-5-18(6-2)10-9-17-15(12-19)14-11-13(20-3)7-8-16(14)21-4/h7-8,11,15,17,19H,5-6,9-10,12H2,1-4H3. The van der Waals surface area contributed by atoms with Crippen molar-refractivity contribution in [2.45, 2.75) is 19.9 Å². The average Bonchev–Trinajstić information content (AvgIpc) is 2.54. The van der Waals surface area contributed by atoms with E-state index in [0.717, 1.165) is 43.2 Å². The molecule has 0 aliphatic heterocycles. The minimum Gasteiger partial charge on any atom is -0.497 e. The molecule has 0 spiro atoms. The molecule has 0 aromatic heterocycles. The summed E-state index contributed by atoms with van der Waals surface area (Å²) < 4.78 is 10.6. The smallest absolute Gasteiger partial charge is 0.123 e. The molecule has 1 unspecified atom stereocenters. The summed E-state index contributed by atoms with van der Waals surface area (Å²) in [5.74, 6) is 1.51. The van der Waals surface area contributed by atoms with Crippen LogP contribution in [0.2, 0.25) is 0 Å². The van der Waals surface area contributed by atoms with Crippen LogP contribution in [0.15, 0.2) is 18.2 Å². The van der Waals surface area contributed by atoms with E-state index in [1.54, 1.807) is 14.2 Å². The Labute approximate surface area is 127 Å². The molecule has 5 nitrogen and oxygen atoms in total. The fourth-order valence-corrected chi connectivity index (χ4v) is 2.32. The first-order chi connectivity index (χ1) is 10.2. The first-order valence-corrected chi connectivity index (χ1v) is 7.48. The van der Waals surface area contributed by atoms with E-state index in [1.165, 1.54) is 0 Å². The number of methoxy groups -OCH3 is 2. The summed E-state index contributed by atoms with van der Waals surface area (Å²) in [7, 11) is 3.27. The van der Waals surface area contributed by atoms with E-state index in [0.29, 0.717) is 0 Å². The first kappa shape index (κ1) is 17.8. The Morgan fingerprint density at radius 1 is 1.19 bits per heavy atom. The third-order valence-electron chi connectivity index (χ3n) is 3.71. The first-order valence-electron chi connectivity index (χ1n) is 7.48. The molecule has 1 aromatic carbocycles. The van der Waals surface area contributed by atoms with E-state index in [4.69, 9.17) is 9.47 Å². The predicted octanol–water partition coefficient (Wildman–Crippen LogP) is 1.67. The molecule has 0 saturated heterocycles. The van der Waals surface area contributed by atoms with Crippen molar-refractivity contribution in [3.63, 3.8) is 0 Å². The van der Waals surface area contributed by atoms with Gasteiger partial charge in [0.2, 0.25) is 0 Å². The highest BCUT2D eigenvalue weighted by molar-refractivity contribution is 5.42. The van der Waals surface area contributed by atoms with E-state index in [-0.39, 0.29) is 12.6 Å². The Morgan fingerprint density at radius 3 is 2.43 bits per heavy atom. The molecular formula is C16H28N2O3. The molecule has 0 aliphatic rings. The van der Waals surface area contributed by atoms with Crippen molar-refractivity contribution >= 4 is 0 Å². The van der Waals surface area contributed by atoms with E-state index in [1.807, 2.05) is 18.2 Å². The molecule has 0 saturated carbocycles. The third kappa shape index (κ3) is 5.19. The fourth-order valence-electron chi connectivity index (χ4n) is 2.32. The van der Waals surface area contributed by atoms with Crippen molar-refractivity contribution in [1.82, 2.24) is 10.2 Å². The number of hydrogen-bond donors (Lipinski definition) is 2. The SMILES string of the molecule is CCN(CC)CCNC(CO)c1cc(OC)ccc1OC. The molecule has 0 fully saturated rings. The molecular weight excluding hydrogens is 268 g/mol. The molecule has 1 atom stereocenters. The predicted molar refractivity (Wildman–Crippen MR) is 85.2 cm³/mol. The van der Waals surface area contributed by atoms with Crippen molar-refractivity contribution in [2.24, 2.45) is 0 Å². The van der Waals surface area contributed by atoms with Crippen LogP contribution in [0.3, 0.4) is 0 Å². The van der Waals surface area contributed by atoms with Crippen LogP contribution < -0.4 is 14.8 Å². The quantitative estimate of drug-likeness (QED) is 0.688. The van der Waals surface area contributed by atoms with Gasteiger partial charge in [0.25, 0.3) is 0 Å². The second kappa shape index (κ2) is 9.60. The molecule has 1 aromatic rings. The van der Waals surface area contributed by atoms with Crippen molar-refractivity contribution in [2.75, 3.05) is 47.0 Å². The Kier molecular flexibility index (Phi) is 8.12. The Balaban J connectivity index is 2.74. The summed E-state index contributed by atoms with van der Waals surface area (Å²) in [4.78, 5) is 2.34. The van der Waals surface area contributed by atoms with Crippen LogP contribution in [0.4, 0.5) is 0 Å². The van der Waals surface area contributed by atoms with Gasteiger partial charge in [0.15, 0.2) is 0 Å². The van der Waals surface area contributed by atoms with Gasteiger partial charge < -0.3 is 24.8 Å². The van der Waals surface area contributed by atoms with Gasteiger partial charge in [-0.15, -0.1) is 0 Å². The summed E-state index contributed by atoms with van der Waals surface area (Å²) in [6, 6.07) is 5.46. The number of nitrogens with one attached hydrogen (secondary N) is 1. The lowest BCUT2D eigenvalue weighted by molar-refractivity contribution is 0.230. The Hall–Kier alpha value is -1.30. The third-order valence-corrected chi connectivity index (χ3v) is 3.71. The number of aliphatic hydroxyl groups excluding tert-OH is 1. The van der Waals surface area contributed by atoms with Gasteiger partial charge in [-0.3, -0.25) is 0 Å². The van der Waals surface area contributed by atoms with Crippen LogP contribution in [0.5, 0.6) is 11.5 Å². The van der Waals surface area contributed by atoms with Crippen molar-refractivity contribution in [3.8, 4) is 11.5 Å². The lowest BCUT2D eigenvalue weighted by Crippen LogP contribution is -2.34. The highest BCUT2D eigenvalue weighted by Crippen LogP contribution is 2.29. The summed E-state index contributed by atoms with van der Waals surface area (Å²) >= 11 is 0. The number of rotatable bonds is 10. The number of benzene rings is 1. The Morgan fingerprint density at radius 2 is 1.90 bits per heavy atom. The molecule has 21 heavy (non-hydrogen) atoms. The molecule has 2 N–H and O–H groups in total.